The molecular weight excluding hydrogens is 499 g/mol. The molecule has 1 fully saturated rings. The van der Waals surface area contributed by atoms with Crippen LogP contribution >= 0.6 is 0 Å². The number of hydrogen-bond donors (Lipinski definition) is 1. The Bertz CT molecular complexity index is 1110. The number of hydrogen-bond acceptors (Lipinski definition) is 4. The first-order valence-electron chi connectivity index (χ1n) is 13.1. The van der Waals surface area contributed by atoms with Crippen molar-refractivity contribution >= 4 is 22.4 Å². The molecule has 1 saturated carbocycles. The second kappa shape index (κ2) is 11.6. The molecule has 2 unspecified atom stereocenters. The predicted molar refractivity (Wildman–Crippen MR) is 139 cm³/mol. The van der Waals surface area contributed by atoms with Crippen LogP contribution in [0, 0.1) is 17.8 Å². The molecule has 9 heteroatoms. The van der Waals surface area contributed by atoms with Gasteiger partial charge in [-0.3, -0.25) is 18.9 Å². The van der Waals surface area contributed by atoms with Crippen LogP contribution in [0.25, 0.3) is 0 Å². The van der Waals surface area contributed by atoms with Crippen molar-refractivity contribution in [3.05, 3.63) is 53.3 Å². The van der Waals surface area contributed by atoms with Crippen LogP contribution in [0.3, 0.4) is 0 Å². The summed E-state index contributed by atoms with van der Waals surface area (Å²) in [6, 6.07) is 9.36. The third-order valence-corrected chi connectivity index (χ3v) is 8.90. The molecule has 1 aliphatic carbocycles. The second-order valence-corrected chi connectivity index (χ2v) is 12.4. The number of pyridine rings is 1. The molecule has 0 bridgehead atoms. The SMILES string of the molecule is CCS(=O)c1ccc(CC(=O)Nc2cnc3c(c2)CN(CC2CCC(C(F)(F)F)CC2)C3C(C)C)cc1. The number of fused-ring (bicyclic) bond motifs is 1. The largest absolute Gasteiger partial charge is 0.391 e. The molecule has 2 aliphatic rings. The van der Waals surface area contributed by atoms with Crippen molar-refractivity contribution in [2.75, 3.05) is 17.6 Å². The highest BCUT2D eigenvalue weighted by Crippen LogP contribution is 2.43. The number of rotatable bonds is 8. The molecule has 0 saturated heterocycles. The van der Waals surface area contributed by atoms with Gasteiger partial charge in [0.25, 0.3) is 0 Å². The van der Waals surface area contributed by atoms with Crippen LogP contribution in [-0.2, 0) is 28.6 Å². The lowest BCUT2D eigenvalue weighted by atomic mass is 9.81. The monoisotopic (exact) mass is 535 g/mol. The van der Waals surface area contributed by atoms with Gasteiger partial charge in [-0.05, 0) is 66.8 Å². The van der Waals surface area contributed by atoms with Gasteiger partial charge in [0.05, 0.1) is 46.8 Å². The molecule has 2 aromatic rings. The van der Waals surface area contributed by atoms with Crippen LogP contribution in [-0.4, -0.2) is 38.5 Å². The molecule has 1 aliphatic heterocycles. The zero-order chi connectivity index (χ0) is 26.7. The van der Waals surface area contributed by atoms with Crippen molar-refractivity contribution in [2.24, 2.45) is 17.8 Å². The zero-order valence-electron chi connectivity index (χ0n) is 21.7. The number of halogens is 3. The maximum absolute atomic E-state index is 13.1. The Labute approximate surface area is 219 Å². The quantitative estimate of drug-likeness (QED) is 0.433. The van der Waals surface area contributed by atoms with E-state index < -0.39 is 22.9 Å². The van der Waals surface area contributed by atoms with E-state index in [1.54, 1.807) is 18.3 Å². The first-order valence-corrected chi connectivity index (χ1v) is 14.4. The highest BCUT2D eigenvalue weighted by Gasteiger charge is 2.42. The van der Waals surface area contributed by atoms with Gasteiger partial charge in [0.15, 0.2) is 0 Å². The molecule has 0 spiro atoms. The van der Waals surface area contributed by atoms with E-state index in [1.807, 2.05) is 25.1 Å². The fraction of sp³-hybridized carbons (Fsp3) is 0.571. The van der Waals surface area contributed by atoms with Gasteiger partial charge in [-0.15, -0.1) is 0 Å². The lowest BCUT2D eigenvalue weighted by Gasteiger charge is -2.35. The van der Waals surface area contributed by atoms with E-state index in [-0.39, 0.29) is 37.1 Å². The fourth-order valence-corrected chi connectivity index (χ4v) is 6.48. The molecule has 0 radical (unpaired) electrons. The Balaban J connectivity index is 1.37. The minimum absolute atomic E-state index is 0.118. The summed E-state index contributed by atoms with van der Waals surface area (Å²) in [6.07, 6.45) is -0.546. The van der Waals surface area contributed by atoms with Crippen LogP contribution in [0.4, 0.5) is 18.9 Å². The van der Waals surface area contributed by atoms with Crippen molar-refractivity contribution in [1.82, 2.24) is 9.88 Å². The van der Waals surface area contributed by atoms with Crippen molar-refractivity contribution in [3.8, 4) is 0 Å². The highest BCUT2D eigenvalue weighted by atomic mass is 32.2. The van der Waals surface area contributed by atoms with E-state index >= 15 is 0 Å². The van der Waals surface area contributed by atoms with Gasteiger partial charge in [0.1, 0.15) is 0 Å². The maximum atomic E-state index is 13.1. The first kappa shape index (κ1) is 27.8. The topological polar surface area (TPSA) is 62.3 Å². The van der Waals surface area contributed by atoms with Gasteiger partial charge in [0.2, 0.25) is 5.91 Å². The molecule has 5 nitrogen and oxygen atoms in total. The smallest absolute Gasteiger partial charge is 0.324 e. The number of carbonyl (C=O) groups is 1. The van der Waals surface area contributed by atoms with Crippen LogP contribution in [0.1, 0.15) is 69.3 Å². The molecule has 2 atom stereocenters. The molecule has 1 N–H and O–H groups in total. The summed E-state index contributed by atoms with van der Waals surface area (Å²) in [5, 5.41) is 2.94. The summed E-state index contributed by atoms with van der Waals surface area (Å²) in [4.78, 5) is 20.5. The number of benzene rings is 1. The summed E-state index contributed by atoms with van der Waals surface area (Å²) in [5.41, 5.74) is 3.54. The maximum Gasteiger partial charge on any atom is 0.391 e. The number of alkyl halides is 3. The molecule has 1 aromatic heterocycles. The number of aromatic nitrogens is 1. The molecule has 202 valence electrons. The zero-order valence-corrected chi connectivity index (χ0v) is 22.5. The fourth-order valence-electron chi connectivity index (χ4n) is 5.71. The molecule has 2 heterocycles. The minimum atomic E-state index is -4.08. The van der Waals surface area contributed by atoms with Gasteiger partial charge >= 0.3 is 6.18 Å². The Hall–Kier alpha value is -2.26. The number of amides is 1. The highest BCUT2D eigenvalue weighted by molar-refractivity contribution is 7.85. The Morgan fingerprint density at radius 1 is 1.16 bits per heavy atom. The van der Waals surface area contributed by atoms with E-state index in [0.29, 0.717) is 36.7 Å². The number of nitrogens with zero attached hydrogens (tertiary/aromatic N) is 2. The summed E-state index contributed by atoms with van der Waals surface area (Å²) < 4.78 is 51.1. The minimum Gasteiger partial charge on any atom is -0.324 e. The van der Waals surface area contributed by atoms with E-state index in [4.69, 9.17) is 4.98 Å². The summed E-state index contributed by atoms with van der Waals surface area (Å²) >= 11 is 0. The standard InChI is InChI=1S/C28H36F3N3O2S/c1-4-37(36)24-11-7-19(8-12-24)13-25(35)33-23-14-21-17-34(27(18(2)3)26(21)32-15-23)16-20-5-9-22(10-6-20)28(29,30)31/h7-8,11-12,14-15,18,20,22,27H,4-6,9-10,13,16-17H2,1-3H3,(H,33,35). The number of anilines is 1. The van der Waals surface area contributed by atoms with Gasteiger partial charge in [-0.1, -0.05) is 32.9 Å². The predicted octanol–water partition coefficient (Wildman–Crippen LogP) is 6.27. The van der Waals surface area contributed by atoms with Crippen LogP contribution in [0.2, 0.25) is 0 Å². The van der Waals surface area contributed by atoms with Crippen molar-refractivity contribution in [2.45, 2.75) is 76.5 Å². The summed E-state index contributed by atoms with van der Waals surface area (Å²) in [5.74, 6) is -0.186. The molecular formula is C28H36F3N3O2S. The van der Waals surface area contributed by atoms with Crippen LogP contribution < -0.4 is 5.32 Å². The second-order valence-electron chi connectivity index (χ2n) is 10.6. The van der Waals surface area contributed by atoms with Gasteiger partial charge < -0.3 is 5.32 Å². The lowest BCUT2D eigenvalue weighted by molar-refractivity contribution is -0.184. The average molecular weight is 536 g/mol. The Morgan fingerprint density at radius 2 is 1.84 bits per heavy atom. The van der Waals surface area contributed by atoms with Crippen molar-refractivity contribution in [3.63, 3.8) is 0 Å². The van der Waals surface area contributed by atoms with E-state index in [2.05, 4.69) is 24.1 Å². The first-order chi connectivity index (χ1) is 17.5. The van der Waals surface area contributed by atoms with Crippen molar-refractivity contribution in [1.29, 1.82) is 0 Å². The van der Waals surface area contributed by atoms with Crippen molar-refractivity contribution < 1.29 is 22.2 Å². The normalized spacial score (nSPS) is 23.2. The average Bonchev–Trinajstić information content (AvgIpc) is 3.21. The number of nitrogens with one attached hydrogen (secondary N) is 1. The van der Waals surface area contributed by atoms with Crippen LogP contribution in [0.5, 0.6) is 0 Å². The third kappa shape index (κ3) is 6.79. The molecule has 1 amide bonds. The molecule has 37 heavy (non-hydrogen) atoms. The Kier molecular flexibility index (Phi) is 8.74. The van der Waals surface area contributed by atoms with Gasteiger partial charge in [-0.25, -0.2) is 0 Å². The summed E-state index contributed by atoms with van der Waals surface area (Å²) in [6.45, 7) is 7.61. The van der Waals surface area contributed by atoms with E-state index in [1.165, 1.54) is 0 Å². The van der Waals surface area contributed by atoms with Crippen LogP contribution in [0.15, 0.2) is 41.4 Å². The lowest BCUT2D eigenvalue weighted by Crippen LogP contribution is -2.35. The number of carbonyl (C=O) groups excluding carboxylic acids is 1. The van der Waals surface area contributed by atoms with Gasteiger partial charge in [-0.2, -0.15) is 13.2 Å². The van der Waals surface area contributed by atoms with E-state index in [9.17, 15) is 22.2 Å². The third-order valence-electron chi connectivity index (χ3n) is 7.58. The van der Waals surface area contributed by atoms with E-state index in [0.717, 1.165) is 28.3 Å². The Morgan fingerprint density at radius 3 is 2.43 bits per heavy atom. The molecule has 1 aromatic carbocycles. The summed E-state index contributed by atoms with van der Waals surface area (Å²) in [7, 11) is -1.02. The van der Waals surface area contributed by atoms with Gasteiger partial charge in [0, 0.05) is 23.7 Å². The molecule has 4 rings (SSSR count).